The molecule has 0 saturated carbocycles. The molecule has 6 nitrogen and oxygen atoms in total. The van der Waals surface area contributed by atoms with Crippen LogP contribution in [-0.4, -0.2) is 14.9 Å². The van der Waals surface area contributed by atoms with Gasteiger partial charge in [0.2, 0.25) is 0 Å². The fraction of sp³-hybridized carbons (Fsp3) is 0.111. The molecule has 3 rings (SSSR count). The van der Waals surface area contributed by atoms with Gasteiger partial charge in [-0.2, -0.15) is 0 Å². The topological polar surface area (TPSA) is 81.0 Å². The van der Waals surface area contributed by atoms with Gasteiger partial charge in [0.1, 0.15) is 5.69 Å². The molecular formula is C18H15ClN4O2. The number of halogens is 1. The number of anilines is 1. The van der Waals surface area contributed by atoms with Gasteiger partial charge >= 0.3 is 0 Å². The van der Waals surface area contributed by atoms with E-state index in [0.717, 1.165) is 11.1 Å². The van der Waals surface area contributed by atoms with E-state index in [1.165, 1.54) is 12.1 Å². The van der Waals surface area contributed by atoms with Gasteiger partial charge in [-0.05, 0) is 36.8 Å². The van der Waals surface area contributed by atoms with Crippen LogP contribution in [0, 0.1) is 10.1 Å². The van der Waals surface area contributed by atoms with Crippen LogP contribution in [0.1, 0.15) is 18.5 Å². The molecule has 0 unspecified atom stereocenters. The van der Waals surface area contributed by atoms with Crippen molar-refractivity contribution in [3.05, 3.63) is 81.6 Å². The lowest BCUT2D eigenvalue weighted by Crippen LogP contribution is -2.09. The van der Waals surface area contributed by atoms with Crippen LogP contribution in [0.15, 0.2) is 60.9 Å². The first kappa shape index (κ1) is 16.9. The van der Waals surface area contributed by atoms with E-state index in [1.807, 2.05) is 31.2 Å². The van der Waals surface area contributed by atoms with E-state index in [-0.39, 0.29) is 11.7 Å². The number of nitrogens with one attached hydrogen (secondary N) is 1. The molecule has 0 saturated heterocycles. The average Bonchev–Trinajstić information content (AvgIpc) is 2.62. The second kappa shape index (κ2) is 7.27. The second-order valence-electron chi connectivity index (χ2n) is 5.48. The molecule has 0 aliphatic heterocycles. The van der Waals surface area contributed by atoms with E-state index < -0.39 is 4.92 Å². The molecule has 0 spiro atoms. The van der Waals surface area contributed by atoms with Crippen LogP contribution in [-0.2, 0) is 0 Å². The zero-order valence-electron chi connectivity index (χ0n) is 13.4. The quantitative estimate of drug-likeness (QED) is 0.521. The van der Waals surface area contributed by atoms with Crippen molar-refractivity contribution >= 4 is 23.1 Å². The number of rotatable bonds is 5. The van der Waals surface area contributed by atoms with Crippen molar-refractivity contribution in [1.29, 1.82) is 0 Å². The van der Waals surface area contributed by atoms with Gasteiger partial charge in [0.25, 0.3) is 5.69 Å². The summed E-state index contributed by atoms with van der Waals surface area (Å²) in [6.07, 6.45) is 3.19. The Morgan fingerprint density at radius 3 is 2.52 bits per heavy atom. The van der Waals surface area contributed by atoms with Gasteiger partial charge in [0.15, 0.2) is 5.82 Å². The molecule has 7 heteroatoms. The predicted molar refractivity (Wildman–Crippen MR) is 97.6 cm³/mol. The van der Waals surface area contributed by atoms with Gasteiger partial charge in [-0.25, -0.2) is 4.98 Å². The van der Waals surface area contributed by atoms with Crippen molar-refractivity contribution in [2.24, 2.45) is 0 Å². The number of aromatic nitrogens is 2. The minimum atomic E-state index is -0.430. The number of hydrogen-bond acceptors (Lipinski definition) is 5. The Bertz CT molecular complexity index is 900. The van der Waals surface area contributed by atoms with Crippen molar-refractivity contribution in [2.75, 3.05) is 5.32 Å². The molecule has 25 heavy (non-hydrogen) atoms. The summed E-state index contributed by atoms with van der Waals surface area (Å²) in [5, 5.41) is 14.8. The van der Waals surface area contributed by atoms with Gasteiger partial charge in [0.05, 0.1) is 11.0 Å². The van der Waals surface area contributed by atoms with Gasteiger partial charge in [0, 0.05) is 35.1 Å². The maximum Gasteiger partial charge on any atom is 0.269 e. The summed E-state index contributed by atoms with van der Waals surface area (Å²) < 4.78 is 0. The lowest BCUT2D eigenvalue weighted by atomic mass is 10.1. The van der Waals surface area contributed by atoms with E-state index in [0.29, 0.717) is 16.5 Å². The first-order valence-electron chi connectivity index (χ1n) is 7.62. The van der Waals surface area contributed by atoms with E-state index in [2.05, 4.69) is 15.3 Å². The normalized spacial score (nSPS) is 11.8. The van der Waals surface area contributed by atoms with Crippen LogP contribution in [0.4, 0.5) is 11.5 Å². The zero-order valence-corrected chi connectivity index (χ0v) is 14.1. The van der Waals surface area contributed by atoms with Gasteiger partial charge < -0.3 is 5.32 Å². The Morgan fingerprint density at radius 2 is 1.84 bits per heavy atom. The molecule has 1 atom stereocenters. The fourth-order valence-electron chi connectivity index (χ4n) is 2.46. The summed E-state index contributed by atoms with van der Waals surface area (Å²) in [6, 6.07) is 13.8. The lowest BCUT2D eigenvalue weighted by molar-refractivity contribution is -0.384. The number of benzene rings is 2. The highest BCUT2D eigenvalue weighted by atomic mass is 35.5. The molecule has 3 aromatic rings. The van der Waals surface area contributed by atoms with Gasteiger partial charge in [-0.15, -0.1) is 0 Å². The number of nitro benzene ring substituents is 1. The predicted octanol–water partition coefficient (Wildman–Crippen LogP) is 4.88. The maximum absolute atomic E-state index is 10.8. The monoisotopic (exact) mass is 354 g/mol. The molecule has 0 amide bonds. The van der Waals surface area contributed by atoms with E-state index in [4.69, 9.17) is 11.6 Å². The van der Waals surface area contributed by atoms with Crippen molar-refractivity contribution < 1.29 is 4.92 Å². The Labute approximate surface area is 149 Å². The first-order chi connectivity index (χ1) is 12.0. The summed E-state index contributed by atoms with van der Waals surface area (Å²) in [7, 11) is 0. The summed E-state index contributed by atoms with van der Waals surface area (Å²) in [5.74, 6) is 0.601. The highest BCUT2D eigenvalue weighted by molar-refractivity contribution is 6.30. The average molecular weight is 355 g/mol. The van der Waals surface area contributed by atoms with E-state index in [1.54, 1.807) is 24.5 Å². The Hall–Kier alpha value is -2.99. The highest BCUT2D eigenvalue weighted by Crippen LogP contribution is 2.28. The van der Waals surface area contributed by atoms with Crippen LogP contribution in [0.5, 0.6) is 0 Å². The smallest absolute Gasteiger partial charge is 0.269 e. The standard InChI is InChI=1S/C18H15ClN4O2/c1-12(14-3-2-4-15(19)11-14)22-18-17(20-9-10-21-18)13-5-7-16(8-6-13)23(24)25/h2-12H,1H3,(H,21,22)/t12-/m0/s1. The van der Waals surface area contributed by atoms with Crippen LogP contribution in [0.3, 0.4) is 0 Å². The van der Waals surface area contributed by atoms with Crippen molar-refractivity contribution in [3.63, 3.8) is 0 Å². The molecular weight excluding hydrogens is 340 g/mol. The van der Waals surface area contributed by atoms with Crippen LogP contribution >= 0.6 is 11.6 Å². The Kier molecular flexibility index (Phi) is 4.90. The fourth-order valence-corrected chi connectivity index (χ4v) is 2.66. The van der Waals surface area contributed by atoms with Crippen molar-refractivity contribution in [3.8, 4) is 11.3 Å². The SMILES string of the molecule is C[C@H](Nc1nccnc1-c1ccc([N+](=O)[O-])cc1)c1cccc(Cl)c1. The third-order valence-corrected chi connectivity index (χ3v) is 3.99. The minimum absolute atomic E-state index is 0.0350. The number of nitrogens with zero attached hydrogens (tertiary/aromatic N) is 3. The largest absolute Gasteiger partial charge is 0.362 e. The summed E-state index contributed by atoms with van der Waals surface area (Å²) in [5.41, 5.74) is 2.44. The molecule has 126 valence electrons. The minimum Gasteiger partial charge on any atom is -0.362 e. The molecule has 0 aliphatic carbocycles. The third kappa shape index (κ3) is 3.92. The van der Waals surface area contributed by atoms with Gasteiger partial charge in [-0.3, -0.25) is 15.1 Å². The summed E-state index contributed by atoms with van der Waals surface area (Å²) in [6.45, 7) is 2.00. The van der Waals surface area contributed by atoms with Crippen LogP contribution in [0.25, 0.3) is 11.3 Å². The number of hydrogen-bond donors (Lipinski definition) is 1. The molecule has 0 radical (unpaired) electrons. The number of nitro groups is 1. The molecule has 1 N–H and O–H groups in total. The molecule has 0 aliphatic rings. The Balaban J connectivity index is 1.89. The molecule has 0 bridgehead atoms. The Morgan fingerprint density at radius 1 is 1.12 bits per heavy atom. The number of non-ortho nitro benzene ring substituents is 1. The van der Waals surface area contributed by atoms with Gasteiger partial charge in [-0.1, -0.05) is 23.7 Å². The van der Waals surface area contributed by atoms with Crippen molar-refractivity contribution in [2.45, 2.75) is 13.0 Å². The summed E-state index contributed by atoms with van der Waals surface area (Å²) in [4.78, 5) is 19.1. The van der Waals surface area contributed by atoms with Crippen LogP contribution < -0.4 is 5.32 Å². The maximum atomic E-state index is 10.8. The zero-order chi connectivity index (χ0) is 17.8. The molecule has 0 fully saturated rings. The third-order valence-electron chi connectivity index (χ3n) is 3.75. The molecule has 1 aromatic heterocycles. The highest BCUT2D eigenvalue weighted by Gasteiger charge is 2.13. The lowest BCUT2D eigenvalue weighted by Gasteiger charge is -2.17. The van der Waals surface area contributed by atoms with Crippen LogP contribution in [0.2, 0.25) is 5.02 Å². The molecule has 2 aromatic carbocycles. The second-order valence-corrected chi connectivity index (χ2v) is 5.92. The first-order valence-corrected chi connectivity index (χ1v) is 8.00. The summed E-state index contributed by atoms with van der Waals surface area (Å²) >= 11 is 6.05. The molecule has 1 heterocycles. The van der Waals surface area contributed by atoms with E-state index in [9.17, 15) is 10.1 Å². The van der Waals surface area contributed by atoms with E-state index >= 15 is 0 Å². The van der Waals surface area contributed by atoms with Crippen molar-refractivity contribution in [1.82, 2.24) is 9.97 Å².